The van der Waals surface area contributed by atoms with Crippen LogP contribution in [0.5, 0.6) is 0 Å². The molecule has 0 aliphatic carbocycles. The second kappa shape index (κ2) is 5.99. The Hall–Kier alpha value is -1.66. The van der Waals surface area contributed by atoms with Crippen molar-refractivity contribution in [1.29, 1.82) is 0 Å². The number of hydrogen-bond donors (Lipinski definition) is 2. The average molecular weight is 305 g/mol. The molecule has 0 radical (unpaired) electrons. The fraction of sp³-hybridized carbons (Fsp3) is 0.467. The number of nitrogens with zero attached hydrogens (tertiary/aromatic N) is 1. The van der Waals surface area contributed by atoms with E-state index in [0.29, 0.717) is 23.0 Å². The highest BCUT2D eigenvalue weighted by Crippen LogP contribution is 2.34. The molecule has 3 rings (SSSR count). The van der Waals surface area contributed by atoms with Gasteiger partial charge in [-0.1, -0.05) is 0 Å². The number of aromatic nitrogens is 1. The summed E-state index contributed by atoms with van der Waals surface area (Å²) in [7, 11) is 0. The molecule has 2 aromatic heterocycles. The molecule has 21 heavy (non-hydrogen) atoms. The van der Waals surface area contributed by atoms with E-state index in [1.54, 1.807) is 6.20 Å². The van der Waals surface area contributed by atoms with Crippen molar-refractivity contribution in [3.8, 4) is 0 Å². The van der Waals surface area contributed by atoms with Gasteiger partial charge in [-0.25, -0.2) is 4.98 Å². The van der Waals surface area contributed by atoms with E-state index >= 15 is 0 Å². The summed E-state index contributed by atoms with van der Waals surface area (Å²) < 4.78 is 5.32. The smallest absolute Gasteiger partial charge is 0.263 e. The monoisotopic (exact) mass is 305 g/mol. The van der Waals surface area contributed by atoms with Crippen LogP contribution >= 0.6 is 11.3 Å². The molecular formula is C15H19N3O2S. The van der Waals surface area contributed by atoms with E-state index in [1.807, 2.05) is 13.0 Å². The Morgan fingerprint density at radius 3 is 3.00 bits per heavy atom. The van der Waals surface area contributed by atoms with Crippen LogP contribution < -0.4 is 11.1 Å². The molecule has 2 aromatic rings. The number of thiophene rings is 1. The minimum absolute atomic E-state index is 0.0959. The maximum atomic E-state index is 12.3. The Morgan fingerprint density at radius 1 is 1.52 bits per heavy atom. The predicted octanol–water partition coefficient (Wildman–Crippen LogP) is 2.34. The van der Waals surface area contributed by atoms with Crippen LogP contribution in [0, 0.1) is 12.8 Å². The Labute approximate surface area is 127 Å². The van der Waals surface area contributed by atoms with Crippen molar-refractivity contribution in [3.63, 3.8) is 0 Å². The van der Waals surface area contributed by atoms with Gasteiger partial charge in [0, 0.05) is 31.3 Å². The highest BCUT2D eigenvalue weighted by Gasteiger charge is 2.20. The zero-order chi connectivity index (χ0) is 14.8. The summed E-state index contributed by atoms with van der Waals surface area (Å²) in [6, 6.07) is 1.91. The molecule has 0 atom stereocenters. The molecule has 6 heteroatoms. The number of rotatable bonds is 3. The van der Waals surface area contributed by atoms with Gasteiger partial charge < -0.3 is 15.8 Å². The van der Waals surface area contributed by atoms with Crippen LogP contribution in [0.4, 0.5) is 5.69 Å². The fourth-order valence-electron chi connectivity index (χ4n) is 2.64. The Balaban J connectivity index is 1.75. The van der Waals surface area contributed by atoms with Crippen molar-refractivity contribution in [1.82, 2.24) is 10.3 Å². The SMILES string of the molecule is Cc1ccnc2sc(C(=O)NCC3CCOCC3)c(N)c12. The molecule has 0 aromatic carbocycles. The number of carbonyl (C=O) groups excluding carboxylic acids is 1. The summed E-state index contributed by atoms with van der Waals surface area (Å²) in [5.41, 5.74) is 7.74. The molecule has 112 valence electrons. The normalized spacial score (nSPS) is 16.2. The molecule has 1 fully saturated rings. The van der Waals surface area contributed by atoms with Gasteiger partial charge in [0.15, 0.2) is 0 Å². The number of nitrogen functional groups attached to an aromatic ring is 1. The zero-order valence-corrected chi connectivity index (χ0v) is 12.8. The molecule has 0 bridgehead atoms. The number of pyridine rings is 1. The Morgan fingerprint density at radius 2 is 2.29 bits per heavy atom. The lowest BCUT2D eigenvalue weighted by Crippen LogP contribution is -2.32. The quantitative estimate of drug-likeness (QED) is 0.912. The third-order valence-electron chi connectivity index (χ3n) is 3.94. The van der Waals surface area contributed by atoms with Crippen LogP contribution in [0.2, 0.25) is 0 Å². The maximum absolute atomic E-state index is 12.3. The third kappa shape index (κ3) is 2.87. The number of ether oxygens (including phenoxy) is 1. The van der Waals surface area contributed by atoms with E-state index in [2.05, 4.69) is 10.3 Å². The van der Waals surface area contributed by atoms with E-state index in [-0.39, 0.29) is 5.91 Å². The molecule has 3 heterocycles. The molecule has 1 amide bonds. The van der Waals surface area contributed by atoms with Crippen molar-refractivity contribution in [2.45, 2.75) is 19.8 Å². The van der Waals surface area contributed by atoms with Crippen molar-refractivity contribution >= 4 is 33.1 Å². The summed E-state index contributed by atoms with van der Waals surface area (Å²) in [4.78, 5) is 18.0. The fourth-order valence-corrected chi connectivity index (χ4v) is 3.70. The minimum atomic E-state index is -0.0959. The summed E-state index contributed by atoms with van der Waals surface area (Å²) in [6.07, 6.45) is 3.75. The van der Waals surface area contributed by atoms with Gasteiger partial charge in [0.1, 0.15) is 9.71 Å². The highest BCUT2D eigenvalue weighted by atomic mass is 32.1. The molecular weight excluding hydrogens is 286 g/mol. The van der Waals surface area contributed by atoms with Crippen LogP contribution in [0.15, 0.2) is 12.3 Å². The molecule has 0 saturated carbocycles. The van der Waals surface area contributed by atoms with Gasteiger partial charge >= 0.3 is 0 Å². The number of fused-ring (bicyclic) bond motifs is 1. The topological polar surface area (TPSA) is 77.2 Å². The van der Waals surface area contributed by atoms with Gasteiger partial charge in [0.2, 0.25) is 0 Å². The number of hydrogen-bond acceptors (Lipinski definition) is 5. The van der Waals surface area contributed by atoms with E-state index in [1.165, 1.54) is 11.3 Å². The molecule has 5 nitrogen and oxygen atoms in total. The van der Waals surface area contributed by atoms with Gasteiger partial charge in [0.25, 0.3) is 5.91 Å². The van der Waals surface area contributed by atoms with Gasteiger partial charge in [0.05, 0.1) is 5.69 Å². The third-order valence-corrected chi connectivity index (χ3v) is 5.05. The van der Waals surface area contributed by atoms with Gasteiger partial charge in [-0.3, -0.25) is 4.79 Å². The molecule has 1 aliphatic rings. The Bertz CT molecular complexity index is 662. The van der Waals surface area contributed by atoms with Gasteiger partial charge in [-0.2, -0.15) is 0 Å². The van der Waals surface area contributed by atoms with Crippen LogP contribution in [0.1, 0.15) is 28.1 Å². The van der Waals surface area contributed by atoms with E-state index in [9.17, 15) is 4.79 Å². The average Bonchev–Trinajstić information content (AvgIpc) is 2.84. The predicted molar refractivity (Wildman–Crippen MR) is 84.6 cm³/mol. The van der Waals surface area contributed by atoms with Crippen LogP contribution in [-0.2, 0) is 4.74 Å². The largest absolute Gasteiger partial charge is 0.397 e. The van der Waals surface area contributed by atoms with Crippen molar-refractivity contribution in [2.24, 2.45) is 5.92 Å². The Kier molecular flexibility index (Phi) is 4.07. The van der Waals surface area contributed by atoms with Gasteiger partial charge in [-0.15, -0.1) is 11.3 Å². The lowest BCUT2D eigenvalue weighted by Gasteiger charge is -2.22. The number of nitrogens with one attached hydrogen (secondary N) is 1. The summed E-state index contributed by atoms with van der Waals surface area (Å²) >= 11 is 1.36. The molecule has 1 aliphatic heterocycles. The van der Waals surface area contributed by atoms with Crippen molar-refractivity contribution < 1.29 is 9.53 Å². The number of carbonyl (C=O) groups is 1. The first kappa shape index (κ1) is 14.3. The molecule has 3 N–H and O–H groups in total. The first-order valence-electron chi connectivity index (χ1n) is 7.16. The van der Waals surface area contributed by atoms with Crippen molar-refractivity contribution in [3.05, 3.63) is 22.7 Å². The first-order chi connectivity index (χ1) is 10.2. The molecule has 1 saturated heterocycles. The first-order valence-corrected chi connectivity index (χ1v) is 7.98. The minimum Gasteiger partial charge on any atom is -0.397 e. The van der Waals surface area contributed by atoms with Crippen LogP contribution in [0.3, 0.4) is 0 Å². The second-order valence-corrected chi connectivity index (χ2v) is 6.42. The number of anilines is 1. The molecule has 0 unspecified atom stereocenters. The van der Waals surface area contributed by atoms with Crippen molar-refractivity contribution in [2.75, 3.05) is 25.5 Å². The van der Waals surface area contributed by atoms with E-state index in [4.69, 9.17) is 10.5 Å². The second-order valence-electron chi connectivity index (χ2n) is 5.42. The van der Waals surface area contributed by atoms with Crippen LogP contribution in [-0.4, -0.2) is 30.6 Å². The summed E-state index contributed by atoms with van der Waals surface area (Å²) in [6.45, 7) is 4.24. The van der Waals surface area contributed by atoms with E-state index < -0.39 is 0 Å². The maximum Gasteiger partial charge on any atom is 0.263 e. The number of nitrogens with two attached hydrogens (primary N) is 1. The van der Waals surface area contributed by atoms with E-state index in [0.717, 1.165) is 41.8 Å². The zero-order valence-electron chi connectivity index (χ0n) is 12.0. The van der Waals surface area contributed by atoms with Crippen LogP contribution in [0.25, 0.3) is 10.2 Å². The summed E-state index contributed by atoms with van der Waals surface area (Å²) in [5, 5.41) is 3.90. The number of aryl methyl sites for hydroxylation is 1. The lowest BCUT2D eigenvalue weighted by atomic mass is 10.0. The lowest BCUT2D eigenvalue weighted by molar-refractivity contribution is 0.0643. The van der Waals surface area contributed by atoms with Gasteiger partial charge in [-0.05, 0) is 37.3 Å². The summed E-state index contributed by atoms with van der Waals surface area (Å²) in [5.74, 6) is 0.402. The molecule has 0 spiro atoms. The highest BCUT2D eigenvalue weighted by molar-refractivity contribution is 7.21. The number of amides is 1. The standard InChI is InChI=1S/C15H19N3O2S/c1-9-2-5-17-15-11(9)12(16)13(21-15)14(19)18-8-10-3-6-20-7-4-10/h2,5,10H,3-4,6-8,16H2,1H3,(H,18,19).